The molecule has 138 valence electrons. The largest absolute Gasteiger partial charge is 0.496 e. The van der Waals surface area contributed by atoms with Gasteiger partial charge >= 0.3 is 0 Å². The minimum Gasteiger partial charge on any atom is -0.496 e. The van der Waals surface area contributed by atoms with Gasteiger partial charge in [-0.2, -0.15) is 0 Å². The van der Waals surface area contributed by atoms with Crippen molar-refractivity contribution in [1.29, 1.82) is 0 Å². The van der Waals surface area contributed by atoms with Gasteiger partial charge in [0.25, 0.3) is 0 Å². The number of ketones is 1. The molecule has 1 aliphatic carbocycles. The molecular formula is C21H32N2O2. The summed E-state index contributed by atoms with van der Waals surface area (Å²) < 4.78 is 5.33. The molecule has 1 saturated heterocycles. The van der Waals surface area contributed by atoms with E-state index in [2.05, 4.69) is 4.90 Å². The summed E-state index contributed by atoms with van der Waals surface area (Å²) in [6.07, 6.45) is 9.97. The van der Waals surface area contributed by atoms with Crippen LogP contribution in [0.4, 0.5) is 5.69 Å². The van der Waals surface area contributed by atoms with Crippen LogP contribution in [0.25, 0.3) is 0 Å². The fraction of sp³-hybridized carbons (Fsp3) is 0.667. The normalized spacial score (nSPS) is 20.5. The Balaban J connectivity index is 1.47. The second-order valence-electron chi connectivity index (χ2n) is 7.84. The zero-order valence-corrected chi connectivity index (χ0v) is 15.5. The second-order valence-corrected chi connectivity index (χ2v) is 7.84. The van der Waals surface area contributed by atoms with Crippen molar-refractivity contribution in [2.45, 2.75) is 51.4 Å². The van der Waals surface area contributed by atoms with Gasteiger partial charge in [0.05, 0.1) is 12.7 Å². The van der Waals surface area contributed by atoms with Crippen LogP contribution in [0.15, 0.2) is 18.2 Å². The van der Waals surface area contributed by atoms with Crippen LogP contribution in [0.3, 0.4) is 0 Å². The predicted molar refractivity (Wildman–Crippen MR) is 102 cm³/mol. The van der Waals surface area contributed by atoms with Crippen LogP contribution in [0.2, 0.25) is 0 Å². The van der Waals surface area contributed by atoms with Crippen LogP contribution >= 0.6 is 0 Å². The summed E-state index contributed by atoms with van der Waals surface area (Å²) in [6, 6.07) is 5.32. The minimum absolute atomic E-state index is 0.183. The van der Waals surface area contributed by atoms with E-state index in [1.54, 1.807) is 25.3 Å². The number of likely N-dealkylation sites (tertiary alicyclic amines) is 1. The summed E-state index contributed by atoms with van der Waals surface area (Å²) in [5, 5.41) is 0. The van der Waals surface area contributed by atoms with E-state index < -0.39 is 0 Å². The van der Waals surface area contributed by atoms with E-state index in [9.17, 15) is 4.79 Å². The van der Waals surface area contributed by atoms with Crippen LogP contribution < -0.4 is 10.5 Å². The Morgan fingerprint density at radius 3 is 2.52 bits per heavy atom. The van der Waals surface area contributed by atoms with Gasteiger partial charge in [0.2, 0.25) is 0 Å². The third-order valence-electron chi connectivity index (χ3n) is 5.95. The number of piperidine rings is 1. The summed E-state index contributed by atoms with van der Waals surface area (Å²) >= 11 is 0. The van der Waals surface area contributed by atoms with Crippen molar-refractivity contribution in [3.63, 3.8) is 0 Å². The van der Waals surface area contributed by atoms with Gasteiger partial charge in [-0.05, 0) is 62.7 Å². The molecule has 1 aromatic rings. The van der Waals surface area contributed by atoms with Crippen LogP contribution in [0, 0.1) is 11.8 Å². The highest BCUT2D eigenvalue weighted by Crippen LogP contribution is 2.29. The molecule has 2 N–H and O–H groups in total. The van der Waals surface area contributed by atoms with E-state index in [4.69, 9.17) is 10.5 Å². The molecule has 4 heteroatoms. The number of ether oxygens (including phenoxy) is 1. The fourth-order valence-electron chi connectivity index (χ4n) is 4.42. The first kappa shape index (κ1) is 18.2. The first-order chi connectivity index (χ1) is 12.2. The zero-order chi connectivity index (χ0) is 17.6. The molecule has 1 aliphatic heterocycles. The van der Waals surface area contributed by atoms with Crippen molar-refractivity contribution in [3.05, 3.63) is 23.8 Å². The highest BCUT2D eigenvalue weighted by molar-refractivity contribution is 5.99. The Bertz CT molecular complexity index is 573. The van der Waals surface area contributed by atoms with Crippen molar-refractivity contribution >= 4 is 11.5 Å². The first-order valence-electron chi connectivity index (χ1n) is 9.84. The summed E-state index contributed by atoms with van der Waals surface area (Å²) in [5.41, 5.74) is 7.08. The molecule has 25 heavy (non-hydrogen) atoms. The molecule has 1 saturated carbocycles. The lowest BCUT2D eigenvalue weighted by Gasteiger charge is -2.35. The predicted octanol–water partition coefficient (Wildman–Crippen LogP) is 4.14. The second kappa shape index (κ2) is 8.70. The van der Waals surface area contributed by atoms with Gasteiger partial charge in [0.15, 0.2) is 5.78 Å². The molecule has 0 aromatic heterocycles. The summed E-state index contributed by atoms with van der Waals surface area (Å²) in [5.74, 6) is 2.19. The molecule has 0 unspecified atom stereocenters. The van der Waals surface area contributed by atoms with Crippen LogP contribution in [-0.2, 0) is 0 Å². The number of hydrogen-bond donors (Lipinski definition) is 1. The third kappa shape index (κ3) is 4.97. The molecule has 1 heterocycles. The lowest BCUT2D eigenvalue weighted by atomic mass is 9.86. The number of methoxy groups -OCH3 is 1. The van der Waals surface area contributed by atoms with Crippen LogP contribution in [0.1, 0.15) is 61.7 Å². The molecule has 2 fully saturated rings. The Labute approximate surface area is 151 Å². The Morgan fingerprint density at radius 2 is 1.84 bits per heavy atom. The maximum atomic E-state index is 12.7. The molecule has 0 radical (unpaired) electrons. The van der Waals surface area contributed by atoms with Gasteiger partial charge in [-0.25, -0.2) is 0 Å². The maximum Gasteiger partial charge on any atom is 0.166 e. The summed E-state index contributed by atoms with van der Waals surface area (Å²) in [7, 11) is 1.59. The SMILES string of the molecule is COc1cc(N)ccc1C(=O)CC1CCN(CC2CCCCC2)CC1. The number of carbonyl (C=O) groups excluding carboxylic acids is 1. The van der Waals surface area contributed by atoms with Gasteiger partial charge in [0, 0.05) is 24.7 Å². The van der Waals surface area contributed by atoms with E-state index in [-0.39, 0.29) is 5.78 Å². The highest BCUT2D eigenvalue weighted by Gasteiger charge is 2.25. The maximum absolute atomic E-state index is 12.7. The number of hydrogen-bond acceptors (Lipinski definition) is 4. The standard InChI is InChI=1S/C21H32N2O2/c1-25-21-14-18(22)7-8-19(21)20(24)13-16-9-11-23(12-10-16)15-17-5-3-2-4-6-17/h7-8,14,16-17H,2-6,9-13,15,22H2,1H3. The number of Topliss-reactive ketones (excluding diaryl/α,β-unsaturated/α-hetero) is 1. The third-order valence-corrected chi connectivity index (χ3v) is 5.95. The number of carbonyl (C=O) groups is 1. The Morgan fingerprint density at radius 1 is 1.12 bits per heavy atom. The molecule has 4 nitrogen and oxygen atoms in total. The number of nitrogen functional groups attached to an aromatic ring is 1. The van der Waals surface area contributed by atoms with E-state index in [0.717, 1.165) is 31.8 Å². The number of rotatable bonds is 6. The average Bonchev–Trinajstić information content (AvgIpc) is 2.64. The monoisotopic (exact) mass is 344 g/mol. The smallest absolute Gasteiger partial charge is 0.166 e. The molecule has 0 amide bonds. The highest BCUT2D eigenvalue weighted by atomic mass is 16.5. The average molecular weight is 344 g/mol. The Kier molecular flexibility index (Phi) is 6.35. The van der Waals surface area contributed by atoms with Crippen molar-refractivity contribution in [2.75, 3.05) is 32.5 Å². The van der Waals surface area contributed by atoms with Crippen LogP contribution in [-0.4, -0.2) is 37.4 Å². The number of nitrogens with zero attached hydrogens (tertiary/aromatic N) is 1. The van der Waals surface area contributed by atoms with Crippen molar-refractivity contribution in [1.82, 2.24) is 4.90 Å². The molecule has 1 aromatic carbocycles. The van der Waals surface area contributed by atoms with E-state index in [0.29, 0.717) is 29.3 Å². The fourth-order valence-corrected chi connectivity index (χ4v) is 4.42. The molecule has 0 bridgehead atoms. The van der Waals surface area contributed by atoms with Crippen LogP contribution in [0.5, 0.6) is 5.75 Å². The number of nitrogens with two attached hydrogens (primary N) is 1. The van der Waals surface area contributed by atoms with E-state index >= 15 is 0 Å². The summed E-state index contributed by atoms with van der Waals surface area (Å²) in [6.45, 7) is 3.56. The molecule has 0 atom stereocenters. The van der Waals surface area contributed by atoms with Gasteiger partial charge in [0.1, 0.15) is 5.75 Å². The van der Waals surface area contributed by atoms with Crippen molar-refractivity contribution in [2.24, 2.45) is 11.8 Å². The number of benzene rings is 1. The zero-order valence-electron chi connectivity index (χ0n) is 15.5. The summed E-state index contributed by atoms with van der Waals surface area (Å²) in [4.78, 5) is 15.3. The van der Waals surface area contributed by atoms with Gasteiger partial charge in [-0.3, -0.25) is 4.79 Å². The van der Waals surface area contributed by atoms with Gasteiger partial charge in [-0.1, -0.05) is 19.3 Å². The molecule has 2 aliphatic rings. The minimum atomic E-state index is 0.183. The quantitative estimate of drug-likeness (QED) is 0.622. The van der Waals surface area contributed by atoms with Gasteiger partial charge in [-0.15, -0.1) is 0 Å². The van der Waals surface area contributed by atoms with Crippen molar-refractivity contribution < 1.29 is 9.53 Å². The topological polar surface area (TPSA) is 55.6 Å². The molecule has 0 spiro atoms. The Hall–Kier alpha value is -1.55. The molecule has 3 rings (SSSR count). The lowest BCUT2D eigenvalue weighted by Crippen LogP contribution is -2.38. The number of anilines is 1. The van der Waals surface area contributed by atoms with Crippen molar-refractivity contribution in [3.8, 4) is 5.75 Å². The lowest BCUT2D eigenvalue weighted by molar-refractivity contribution is 0.0911. The van der Waals surface area contributed by atoms with E-state index in [1.165, 1.54) is 38.6 Å². The molecular weight excluding hydrogens is 312 g/mol. The van der Waals surface area contributed by atoms with E-state index in [1.807, 2.05) is 0 Å². The van der Waals surface area contributed by atoms with Gasteiger partial charge < -0.3 is 15.4 Å². The first-order valence-corrected chi connectivity index (χ1v) is 9.84.